The molecule has 3 nitrogen and oxygen atoms in total. The van der Waals surface area contributed by atoms with Crippen molar-refractivity contribution in [2.75, 3.05) is 6.61 Å². The van der Waals surface area contributed by atoms with E-state index in [9.17, 15) is 4.79 Å². The van der Waals surface area contributed by atoms with Crippen LogP contribution in [0.25, 0.3) is 0 Å². The smallest absolute Gasteiger partial charge is 0.172 e. The molecule has 2 rings (SSSR count). The summed E-state index contributed by atoms with van der Waals surface area (Å²) in [6.07, 6.45) is 11.9. The van der Waals surface area contributed by atoms with Crippen LogP contribution in [0.3, 0.4) is 0 Å². The van der Waals surface area contributed by atoms with Crippen molar-refractivity contribution < 1.29 is 9.90 Å². The van der Waals surface area contributed by atoms with E-state index in [0.29, 0.717) is 6.42 Å². The number of aliphatic hydroxyl groups excluding tert-OH is 1. The third-order valence-corrected chi connectivity index (χ3v) is 6.48. The highest BCUT2D eigenvalue weighted by Gasteiger charge is 2.16. The summed E-state index contributed by atoms with van der Waals surface area (Å²) in [4.78, 5) is 14.2. The van der Waals surface area contributed by atoms with Gasteiger partial charge >= 0.3 is 0 Å². The number of ketones is 1. The van der Waals surface area contributed by atoms with Crippen molar-refractivity contribution >= 4 is 17.1 Å². The zero-order chi connectivity index (χ0) is 17.4. The van der Waals surface area contributed by atoms with Crippen molar-refractivity contribution in [2.24, 2.45) is 17.6 Å². The lowest BCUT2D eigenvalue weighted by atomic mass is 9.85. The predicted molar refractivity (Wildman–Crippen MR) is 101 cm³/mol. The van der Waals surface area contributed by atoms with E-state index >= 15 is 0 Å². The van der Waals surface area contributed by atoms with Gasteiger partial charge < -0.3 is 10.8 Å². The number of rotatable bonds is 10. The SMILES string of the molecule is C[C@@H](CO)CC(N)c1ccc(C(=O)CCCCC2CCCCC2)s1. The minimum Gasteiger partial charge on any atom is -0.396 e. The van der Waals surface area contributed by atoms with Gasteiger partial charge in [0.1, 0.15) is 0 Å². The first-order chi connectivity index (χ1) is 11.6. The molecule has 0 aliphatic heterocycles. The van der Waals surface area contributed by atoms with Crippen LogP contribution in [0.5, 0.6) is 0 Å². The first-order valence-electron chi connectivity index (χ1n) is 9.59. The summed E-state index contributed by atoms with van der Waals surface area (Å²) in [5.41, 5.74) is 6.18. The van der Waals surface area contributed by atoms with E-state index in [-0.39, 0.29) is 24.3 Å². The van der Waals surface area contributed by atoms with E-state index in [1.165, 1.54) is 56.3 Å². The maximum Gasteiger partial charge on any atom is 0.172 e. The Balaban J connectivity index is 1.70. The van der Waals surface area contributed by atoms with Crippen LogP contribution in [0.4, 0.5) is 0 Å². The Morgan fingerprint density at radius 3 is 2.75 bits per heavy atom. The molecule has 1 aliphatic rings. The summed E-state index contributed by atoms with van der Waals surface area (Å²) in [6, 6.07) is 3.83. The van der Waals surface area contributed by atoms with Gasteiger partial charge in [-0.3, -0.25) is 4.79 Å². The molecule has 0 spiro atoms. The average Bonchev–Trinajstić information content (AvgIpc) is 3.09. The maximum absolute atomic E-state index is 12.3. The van der Waals surface area contributed by atoms with Crippen molar-refractivity contribution in [3.63, 3.8) is 0 Å². The number of hydrogen-bond donors (Lipinski definition) is 2. The highest BCUT2D eigenvalue weighted by Crippen LogP contribution is 2.29. The fourth-order valence-electron chi connectivity index (χ4n) is 3.64. The van der Waals surface area contributed by atoms with Crippen molar-refractivity contribution in [1.29, 1.82) is 0 Å². The maximum atomic E-state index is 12.3. The van der Waals surface area contributed by atoms with Crippen molar-refractivity contribution in [1.82, 2.24) is 0 Å². The Hall–Kier alpha value is -0.710. The molecular weight excluding hydrogens is 318 g/mol. The number of thiophene rings is 1. The molecule has 1 heterocycles. The largest absolute Gasteiger partial charge is 0.396 e. The molecule has 1 unspecified atom stereocenters. The Bertz CT molecular complexity index is 494. The standard InChI is InChI=1S/C20H33NO2S/c1-15(14-22)13-17(21)19-11-12-20(24-19)18(23)10-6-5-9-16-7-3-2-4-8-16/h11-12,15-17,22H,2-10,13-14,21H2,1H3/t15-,17?/m1/s1. The Kier molecular flexibility index (Phi) is 8.43. The minimum atomic E-state index is -0.0787. The van der Waals surface area contributed by atoms with Crippen molar-refractivity contribution in [3.8, 4) is 0 Å². The summed E-state index contributed by atoms with van der Waals surface area (Å²) in [5, 5.41) is 9.13. The Morgan fingerprint density at radius 1 is 1.29 bits per heavy atom. The van der Waals surface area contributed by atoms with Crippen LogP contribution in [-0.2, 0) is 0 Å². The van der Waals surface area contributed by atoms with Gasteiger partial charge in [0.05, 0.1) is 4.88 Å². The molecule has 4 heteroatoms. The molecule has 0 saturated heterocycles. The summed E-state index contributed by atoms with van der Waals surface area (Å²) in [5.74, 6) is 1.37. The van der Waals surface area contributed by atoms with Crippen LogP contribution in [0, 0.1) is 11.8 Å². The number of unbranched alkanes of at least 4 members (excludes halogenated alkanes) is 1. The van der Waals surface area contributed by atoms with Gasteiger partial charge in [-0.1, -0.05) is 51.9 Å². The molecule has 1 aromatic rings. The van der Waals surface area contributed by atoms with Gasteiger partial charge in [-0.25, -0.2) is 0 Å². The highest BCUT2D eigenvalue weighted by molar-refractivity contribution is 7.14. The third-order valence-electron chi connectivity index (χ3n) is 5.23. The molecule has 24 heavy (non-hydrogen) atoms. The first-order valence-corrected chi connectivity index (χ1v) is 10.4. The average molecular weight is 352 g/mol. The molecule has 1 aliphatic carbocycles. The number of nitrogens with two attached hydrogens (primary N) is 1. The van der Waals surface area contributed by atoms with Crippen LogP contribution in [0.1, 0.15) is 91.7 Å². The summed E-state index contributed by atoms with van der Waals surface area (Å²) in [7, 11) is 0. The van der Waals surface area contributed by atoms with Gasteiger partial charge in [-0.05, 0) is 36.8 Å². The quantitative estimate of drug-likeness (QED) is 0.456. The summed E-state index contributed by atoms with van der Waals surface area (Å²) in [6.45, 7) is 2.15. The number of Topliss-reactive ketones (excluding diaryl/α,β-unsaturated/α-hetero) is 1. The first kappa shape index (κ1) is 19.6. The van der Waals surface area contributed by atoms with Crippen LogP contribution in [0.2, 0.25) is 0 Å². The lowest BCUT2D eigenvalue weighted by Crippen LogP contribution is -2.14. The Morgan fingerprint density at radius 2 is 2.04 bits per heavy atom. The molecule has 3 N–H and O–H groups in total. The molecule has 1 aromatic heterocycles. The van der Waals surface area contributed by atoms with Gasteiger partial charge in [0.15, 0.2) is 5.78 Å². The zero-order valence-corrected chi connectivity index (χ0v) is 15.8. The molecule has 2 atom stereocenters. The number of carbonyl (C=O) groups excluding carboxylic acids is 1. The van der Waals surface area contributed by atoms with E-state index < -0.39 is 0 Å². The highest BCUT2D eigenvalue weighted by atomic mass is 32.1. The number of carbonyl (C=O) groups is 1. The van der Waals surface area contributed by atoms with E-state index in [0.717, 1.165) is 28.5 Å². The monoisotopic (exact) mass is 351 g/mol. The lowest BCUT2D eigenvalue weighted by Gasteiger charge is -2.21. The fourth-order valence-corrected chi connectivity index (χ4v) is 4.63. The zero-order valence-electron chi connectivity index (χ0n) is 15.0. The minimum absolute atomic E-state index is 0.0787. The molecular formula is C20H33NO2S. The van der Waals surface area contributed by atoms with Gasteiger partial charge in [0.2, 0.25) is 0 Å². The van der Waals surface area contributed by atoms with Crippen LogP contribution < -0.4 is 5.73 Å². The van der Waals surface area contributed by atoms with Gasteiger partial charge in [0.25, 0.3) is 0 Å². The van der Waals surface area contributed by atoms with E-state index in [1.54, 1.807) is 0 Å². The predicted octanol–water partition coefficient (Wildman–Crippen LogP) is 5.09. The van der Waals surface area contributed by atoms with Crippen LogP contribution in [0.15, 0.2) is 12.1 Å². The third kappa shape index (κ3) is 6.30. The Labute approximate surface area is 150 Å². The van der Waals surface area contributed by atoms with Crippen molar-refractivity contribution in [2.45, 2.75) is 77.2 Å². The molecule has 0 amide bonds. The summed E-state index contributed by atoms with van der Waals surface area (Å²) >= 11 is 1.53. The fraction of sp³-hybridized carbons (Fsp3) is 0.750. The topological polar surface area (TPSA) is 63.3 Å². The molecule has 1 saturated carbocycles. The van der Waals surface area contributed by atoms with E-state index in [4.69, 9.17) is 10.8 Å². The number of aliphatic hydroxyl groups is 1. The molecule has 1 fully saturated rings. The molecule has 0 aromatic carbocycles. The second-order valence-corrected chi connectivity index (χ2v) is 8.62. The van der Waals surface area contributed by atoms with E-state index in [2.05, 4.69) is 0 Å². The molecule has 0 bridgehead atoms. The van der Waals surface area contributed by atoms with E-state index in [1.807, 2.05) is 19.1 Å². The normalized spacial score (nSPS) is 18.5. The summed E-state index contributed by atoms with van der Waals surface area (Å²) < 4.78 is 0. The second-order valence-electron chi connectivity index (χ2n) is 7.50. The van der Waals surface area contributed by atoms with Crippen molar-refractivity contribution in [3.05, 3.63) is 21.9 Å². The van der Waals surface area contributed by atoms with Gasteiger partial charge in [-0.15, -0.1) is 11.3 Å². The molecule has 136 valence electrons. The van der Waals surface area contributed by atoms with Crippen LogP contribution >= 0.6 is 11.3 Å². The van der Waals surface area contributed by atoms with Gasteiger partial charge in [0, 0.05) is 23.9 Å². The second kappa shape index (κ2) is 10.3. The van der Waals surface area contributed by atoms with Gasteiger partial charge in [-0.2, -0.15) is 0 Å². The van der Waals surface area contributed by atoms with Crippen LogP contribution in [-0.4, -0.2) is 17.5 Å². The number of hydrogen-bond acceptors (Lipinski definition) is 4. The lowest BCUT2D eigenvalue weighted by molar-refractivity contribution is 0.0982. The molecule has 0 radical (unpaired) electrons.